The number of benzene rings is 5. The Balaban J connectivity index is 1.43. The van der Waals surface area contributed by atoms with Crippen molar-refractivity contribution in [3.8, 4) is 0 Å². The van der Waals surface area contributed by atoms with E-state index in [1.165, 1.54) is 0 Å². The molecule has 0 aliphatic heterocycles. The number of hydrogen-bond donors (Lipinski definition) is 3. The van der Waals surface area contributed by atoms with Gasteiger partial charge in [0.2, 0.25) is 3.79 Å². The van der Waals surface area contributed by atoms with Gasteiger partial charge in [-0.15, -0.1) is 0 Å². The lowest BCUT2D eigenvalue weighted by Gasteiger charge is -2.37. The molecule has 44 heavy (non-hydrogen) atoms. The van der Waals surface area contributed by atoms with Crippen LogP contribution in [0.3, 0.4) is 0 Å². The molecule has 1 unspecified atom stereocenters. The zero-order valence-corrected chi connectivity index (χ0v) is 28.4. The molecular formula is C35H27Cl3IN3OS. The SMILES string of the molecule is O=C(NC(NC(=S)Nc1ccc(C(c2ccccc2)(c2ccccc2)c2ccccc2)cc1)C(Cl)(Cl)Cl)c1cccc(I)c1. The van der Waals surface area contributed by atoms with Crippen LogP contribution < -0.4 is 16.0 Å². The van der Waals surface area contributed by atoms with Crippen LogP contribution in [0.25, 0.3) is 0 Å². The molecule has 1 atom stereocenters. The van der Waals surface area contributed by atoms with Gasteiger partial charge in [-0.2, -0.15) is 0 Å². The molecule has 9 heteroatoms. The van der Waals surface area contributed by atoms with Gasteiger partial charge in [-0.25, -0.2) is 0 Å². The molecular weight excluding hydrogens is 744 g/mol. The van der Waals surface area contributed by atoms with Crippen molar-refractivity contribution >= 4 is 86.3 Å². The lowest BCUT2D eigenvalue weighted by atomic mass is 9.65. The van der Waals surface area contributed by atoms with Crippen LogP contribution in [0.15, 0.2) is 140 Å². The van der Waals surface area contributed by atoms with Gasteiger partial charge in [-0.05, 0) is 87.4 Å². The summed E-state index contributed by atoms with van der Waals surface area (Å²) in [5.41, 5.74) is 5.10. The van der Waals surface area contributed by atoms with E-state index in [-0.39, 0.29) is 5.11 Å². The lowest BCUT2D eigenvalue weighted by Crippen LogP contribution is -2.56. The number of alkyl halides is 3. The van der Waals surface area contributed by atoms with Gasteiger partial charge in [0.05, 0.1) is 5.41 Å². The predicted octanol–water partition coefficient (Wildman–Crippen LogP) is 9.09. The third-order valence-corrected chi connectivity index (χ3v) is 8.71. The molecule has 1 amide bonds. The summed E-state index contributed by atoms with van der Waals surface area (Å²) in [5.74, 6) is -0.404. The van der Waals surface area contributed by atoms with Crippen molar-refractivity contribution in [1.82, 2.24) is 10.6 Å². The average Bonchev–Trinajstić information content (AvgIpc) is 3.03. The van der Waals surface area contributed by atoms with Crippen LogP contribution in [0, 0.1) is 3.57 Å². The van der Waals surface area contributed by atoms with Gasteiger partial charge >= 0.3 is 0 Å². The monoisotopic (exact) mass is 769 g/mol. The summed E-state index contributed by atoms with van der Waals surface area (Å²) in [6.07, 6.45) is -1.10. The standard InChI is InChI=1S/C35H27Cl3IN3OS/c36-35(37,38)32(41-31(43)24-11-10-18-29(39)23-24)42-33(44)40-30-21-19-28(20-22-30)34(25-12-4-1-5-13-25,26-14-6-2-7-15-26)27-16-8-3-9-17-27/h1-23,32H,(H,41,43)(H2,40,42,44). The van der Waals surface area contributed by atoms with Gasteiger partial charge in [-0.1, -0.05) is 144 Å². The second-order valence-electron chi connectivity index (χ2n) is 9.98. The highest BCUT2D eigenvalue weighted by Crippen LogP contribution is 2.45. The van der Waals surface area contributed by atoms with Crippen molar-refractivity contribution in [2.75, 3.05) is 5.32 Å². The molecule has 0 saturated carbocycles. The number of anilines is 1. The number of hydrogen-bond acceptors (Lipinski definition) is 2. The molecule has 3 N–H and O–H groups in total. The Morgan fingerprint density at radius 1 is 0.636 bits per heavy atom. The van der Waals surface area contributed by atoms with Gasteiger partial charge < -0.3 is 16.0 Å². The summed E-state index contributed by atoms with van der Waals surface area (Å²) in [5, 5.41) is 8.99. The van der Waals surface area contributed by atoms with Crippen LogP contribution in [-0.2, 0) is 5.41 Å². The van der Waals surface area contributed by atoms with Crippen molar-refractivity contribution in [3.05, 3.63) is 171 Å². The summed E-state index contributed by atoms with van der Waals surface area (Å²) in [4.78, 5) is 12.9. The summed E-state index contributed by atoms with van der Waals surface area (Å²) >= 11 is 26.3. The Morgan fingerprint density at radius 2 is 1.11 bits per heavy atom. The van der Waals surface area contributed by atoms with E-state index >= 15 is 0 Å². The molecule has 0 saturated heterocycles. The highest BCUT2D eigenvalue weighted by Gasteiger charge is 2.38. The minimum Gasteiger partial charge on any atom is -0.339 e. The van der Waals surface area contributed by atoms with E-state index in [0.29, 0.717) is 5.56 Å². The number of carbonyl (C=O) groups is 1. The van der Waals surface area contributed by atoms with Crippen LogP contribution in [-0.4, -0.2) is 21.0 Å². The fourth-order valence-corrected chi connectivity index (χ4v) is 6.32. The first kappa shape index (κ1) is 32.3. The Hall–Kier alpha value is -3.14. The maximum atomic E-state index is 12.9. The van der Waals surface area contributed by atoms with Crippen LogP contribution in [0.5, 0.6) is 0 Å². The number of thiocarbonyl (C=S) groups is 1. The van der Waals surface area contributed by atoms with Crippen molar-refractivity contribution in [1.29, 1.82) is 0 Å². The van der Waals surface area contributed by atoms with E-state index in [2.05, 4.69) is 123 Å². The molecule has 0 heterocycles. The molecule has 5 rings (SSSR count). The topological polar surface area (TPSA) is 53.2 Å². The second kappa shape index (κ2) is 14.3. The molecule has 5 aromatic carbocycles. The molecule has 0 bridgehead atoms. The molecule has 0 aliphatic rings. The number of amides is 1. The van der Waals surface area contributed by atoms with E-state index in [9.17, 15) is 4.79 Å². The Kier molecular flexibility index (Phi) is 10.5. The second-order valence-corrected chi connectivity index (χ2v) is 14.0. The fraction of sp³-hybridized carbons (Fsp3) is 0.0857. The predicted molar refractivity (Wildman–Crippen MR) is 195 cm³/mol. The minimum atomic E-state index is -1.88. The van der Waals surface area contributed by atoms with E-state index in [1.807, 2.05) is 36.4 Å². The summed E-state index contributed by atoms with van der Waals surface area (Å²) < 4.78 is -0.974. The number of rotatable bonds is 8. The van der Waals surface area contributed by atoms with Crippen molar-refractivity contribution in [2.24, 2.45) is 0 Å². The maximum Gasteiger partial charge on any atom is 0.253 e. The van der Waals surface area contributed by atoms with Gasteiger partial charge in [0.25, 0.3) is 5.91 Å². The van der Waals surface area contributed by atoms with Crippen molar-refractivity contribution in [3.63, 3.8) is 0 Å². The Bertz CT molecular complexity index is 1620. The lowest BCUT2D eigenvalue weighted by molar-refractivity contribution is 0.0934. The summed E-state index contributed by atoms with van der Waals surface area (Å²) in [7, 11) is 0. The minimum absolute atomic E-state index is 0.178. The normalized spacial score (nSPS) is 12.2. The first-order chi connectivity index (χ1) is 21.2. The highest BCUT2D eigenvalue weighted by atomic mass is 127. The zero-order chi connectivity index (χ0) is 31.2. The van der Waals surface area contributed by atoms with E-state index in [1.54, 1.807) is 18.2 Å². The molecule has 0 radical (unpaired) electrons. The summed E-state index contributed by atoms with van der Waals surface area (Å²) in [6, 6.07) is 46.6. The van der Waals surface area contributed by atoms with Crippen LogP contribution in [0.4, 0.5) is 5.69 Å². The highest BCUT2D eigenvalue weighted by molar-refractivity contribution is 14.1. The molecule has 5 aromatic rings. The van der Waals surface area contributed by atoms with Crippen LogP contribution in [0.1, 0.15) is 32.6 Å². The number of nitrogens with one attached hydrogen (secondary N) is 3. The molecule has 0 spiro atoms. The van der Waals surface area contributed by atoms with Crippen molar-refractivity contribution in [2.45, 2.75) is 15.4 Å². The van der Waals surface area contributed by atoms with Gasteiger partial charge in [0.1, 0.15) is 6.17 Å². The average molecular weight is 771 g/mol. The van der Waals surface area contributed by atoms with Crippen LogP contribution >= 0.6 is 69.6 Å². The third kappa shape index (κ3) is 7.38. The molecule has 0 aliphatic carbocycles. The molecule has 0 aromatic heterocycles. The Morgan fingerprint density at radius 3 is 1.57 bits per heavy atom. The first-order valence-electron chi connectivity index (χ1n) is 13.7. The summed E-state index contributed by atoms with van der Waals surface area (Å²) in [6.45, 7) is 0. The van der Waals surface area contributed by atoms with Crippen molar-refractivity contribution < 1.29 is 4.79 Å². The fourth-order valence-electron chi connectivity index (χ4n) is 5.21. The Labute approximate surface area is 291 Å². The van der Waals surface area contributed by atoms with E-state index in [4.69, 9.17) is 47.0 Å². The van der Waals surface area contributed by atoms with Crippen LogP contribution in [0.2, 0.25) is 0 Å². The van der Waals surface area contributed by atoms with Gasteiger partial charge in [0.15, 0.2) is 5.11 Å². The molecule has 222 valence electrons. The molecule has 0 fully saturated rings. The third-order valence-electron chi connectivity index (χ3n) is 7.16. The number of halogens is 4. The zero-order valence-electron chi connectivity index (χ0n) is 23.2. The van der Waals surface area contributed by atoms with Gasteiger partial charge in [-0.3, -0.25) is 4.79 Å². The largest absolute Gasteiger partial charge is 0.339 e. The van der Waals surface area contributed by atoms with E-state index < -0.39 is 21.3 Å². The molecule has 4 nitrogen and oxygen atoms in total. The smallest absolute Gasteiger partial charge is 0.253 e. The van der Waals surface area contributed by atoms with Gasteiger partial charge in [0, 0.05) is 14.8 Å². The van der Waals surface area contributed by atoms with E-state index in [0.717, 1.165) is 31.5 Å². The quantitative estimate of drug-likeness (QED) is 0.0485. The first-order valence-corrected chi connectivity index (χ1v) is 16.3. The number of carbonyl (C=O) groups excluding carboxylic acids is 1. The maximum absolute atomic E-state index is 12.9.